The monoisotopic (exact) mass is 278 g/mol. The normalized spacial score (nSPS) is 22.8. The molecule has 1 fully saturated rings. The van der Waals surface area contributed by atoms with Gasteiger partial charge in [-0.05, 0) is 30.7 Å². The van der Waals surface area contributed by atoms with Gasteiger partial charge in [-0.2, -0.15) is 0 Å². The highest BCUT2D eigenvalue weighted by molar-refractivity contribution is 6.30. The lowest BCUT2D eigenvalue weighted by Gasteiger charge is -2.17. The number of hydrogen-bond acceptors (Lipinski definition) is 3. The van der Waals surface area contributed by atoms with Gasteiger partial charge in [-0.3, -0.25) is 9.69 Å². The van der Waals surface area contributed by atoms with Gasteiger partial charge >= 0.3 is 0 Å². The van der Waals surface area contributed by atoms with Crippen molar-refractivity contribution in [1.29, 1.82) is 0 Å². The van der Waals surface area contributed by atoms with E-state index in [4.69, 9.17) is 17.3 Å². The number of primary amides is 1. The van der Waals surface area contributed by atoms with Crippen molar-refractivity contribution in [2.24, 2.45) is 5.73 Å². The minimum atomic E-state index is -0.505. The number of aliphatic hydroxyl groups is 1. The molecule has 2 rings (SSSR count). The summed E-state index contributed by atoms with van der Waals surface area (Å²) >= 11 is 5.78. The van der Waals surface area contributed by atoms with E-state index in [2.05, 4.69) is 11.8 Å². The molecule has 1 aromatic rings. The lowest BCUT2D eigenvalue weighted by Crippen LogP contribution is -2.40. The fraction of sp³-hybridized carbons (Fsp3) is 0.357. The third kappa shape index (κ3) is 3.71. The van der Waals surface area contributed by atoms with Crippen molar-refractivity contribution in [3.05, 3.63) is 34.9 Å². The first-order valence-corrected chi connectivity index (χ1v) is 6.40. The third-order valence-corrected chi connectivity index (χ3v) is 3.32. The number of nitrogens with zero attached hydrogens (tertiary/aromatic N) is 1. The first-order valence-electron chi connectivity index (χ1n) is 6.02. The van der Waals surface area contributed by atoms with Gasteiger partial charge in [0.15, 0.2) is 0 Å². The summed E-state index contributed by atoms with van der Waals surface area (Å²) in [6.07, 6.45) is -0.118. The highest BCUT2D eigenvalue weighted by Gasteiger charge is 2.33. The highest BCUT2D eigenvalue weighted by Crippen LogP contribution is 2.16. The molecular weight excluding hydrogens is 264 g/mol. The van der Waals surface area contributed by atoms with Gasteiger partial charge < -0.3 is 10.8 Å². The maximum atomic E-state index is 11.2. The summed E-state index contributed by atoms with van der Waals surface area (Å²) in [6.45, 7) is 0.843. The van der Waals surface area contributed by atoms with E-state index in [9.17, 15) is 9.90 Å². The Morgan fingerprint density at radius 2 is 2.16 bits per heavy atom. The number of halogens is 1. The number of hydrogen-bond donors (Lipinski definition) is 2. The summed E-state index contributed by atoms with van der Waals surface area (Å²) in [6, 6.07) is 6.79. The second-order valence-electron chi connectivity index (χ2n) is 4.55. The minimum Gasteiger partial charge on any atom is -0.392 e. The fourth-order valence-electron chi connectivity index (χ4n) is 2.13. The summed E-state index contributed by atoms with van der Waals surface area (Å²) < 4.78 is 0. The van der Waals surface area contributed by atoms with Gasteiger partial charge in [0.25, 0.3) is 0 Å². The van der Waals surface area contributed by atoms with Gasteiger partial charge in [0.2, 0.25) is 5.91 Å². The zero-order valence-corrected chi connectivity index (χ0v) is 11.1. The number of β-amino-alcohol motifs (C(OH)–C–C–N with tert-alkyl or cyclic N) is 1. The largest absolute Gasteiger partial charge is 0.392 e. The molecule has 4 nitrogen and oxygen atoms in total. The SMILES string of the molecule is NC(=O)[C@@H]1C[C@H](O)CN1CC#Cc1ccc(Cl)cc1. The van der Waals surface area contributed by atoms with Crippen LogP contribution in [-0.2, 0) is 4.79 Å². The summed E-state index contributed by atoms with van der Waals surface area (Å²) in [5.41, 5.74) is 6.16. The van der Waals surface area contributed by atoms with Gasteiger partial charge in [0.1, 0.15) is 0 Å². The Labute approximate surface area is 117 Å². The quantitative estimate of drug-likeness (QED) is 0.779. The van der Waals surface area contributed by atoms with Gasteiger partial charge in [-0.1, -0.05) is 23.4 Å². The molecule has 0 aromatic heterocycles. The van der Waals surface area contributed by atoms with Crippen molar-refractivity contribution in [2.75, 3.05) is 13.1 Å². The van der Waals surface area contributed by atoms with E-state index < -0.39 is 18.1 Å². The fourth-order valence-corrected chi connectivity index (χ4v) is 2.25. The molecule has 1 aliphatic rings. The third-order valence-electron chi connectivity index (χ3n) is 3.07. The first kappa shape index (κ1) is 13.9. The summed E-state index contributed by atoms with van der Waals surface area (Å²) in [4.78, 5) is 13.0. The molecule has 1 heterocycles. The number of rotatable bonds is 2. The van der Waals surface area contributed by atoms with Crippen LogP contribution in [0.3, 0.4) is 0 Å². The number of amides is 1. The molecule has 1 aromatic carbocycles. The maximum Gasteiger partial charge on any atom is 0.234 e. The van der Waals surface area contributed by atoms with Crippen molar-refractivity contribution in [1.82, 2.24) is 4.90 Å². The van der Waals surface area contributed by atoms with E-state index in [1.54, 1.807) is 17.0 Å². The van der Waals surface area contributed by atoms with E-state index >= 15 is 0 Å². The molecule has 0 bridgehead atoms. The number of carbonyl (C=O) groups excluding carboxylic acids is 1. The lowest BCUT2D eigenvalue weighted by atomic mass is 10.2. The van der Waals surface area contributed by atoms with Crippen LogP contribution in [0.1, 0.15) is 12.0 Å². The van der Waals surface area contributed by atoms with Crippen molar-refractivity contribution in [3.63, 3.8) is 0 Å². The van der Waals surface area contributed by atoms with Gasteiger partial charge in [0, 0.05) is 17.1 Å². The van der Waals surface area contributed by atoms with Crippen molar-refractivity contribution in [3.8, 4) is 11.8 Å². The van der Waals surface area contributed by atoms with Crippen LogP contribution in [0.2, 0.25) is 5.02 Å². The Kier molecular flexibility index (Phi) is 4.43. The van der Waals surface area contributed by atoms with Crippen LogP contribution in [0.4, 0.5) is 0 Å². The van der Waals surface area contributed by atoms with Crippen LogP contribution in [0, 0.1) is 11.8 Å². The molecular formula is C14H15ClN2O2. The second-order valence-corrected chi connectivity index (χ2v) is 4.98. The van der Waals surface area contributed by atoms with Crippen LogP contribution in [-0.4, -0.2) is 41.1 Å². The first-order chi connectivity index (χ1) is 9.06. The Balaban J connectivity index is 1.98. The number of likely N-dealkylation sites (tertiary alicyclic amines) is 1. The smallest absolute Gasteiger partial charge is 0.234 e. The number of aliphatic hydroxyl groups excluding tert-OH is 1. The Bertz CT molecular complexity index is 518. The maximum absolute atomic E-state index is 11.2. The molecule has 3 N–H and O–H groups in total. The molecule has 0 radical (unpaired) electrons. The molecule has 19 heavy (non-hydrogen) atoms. The lowest BCUT2D eigenvalue weighted by molar-refractivity contribution is -0.122. The summed E-state index contributed by atoms with van der Waals surface area (Å²) in [7, 11) is 0. The Morgan fingerprint density at radius 1 is 1.47 bits per heavy atom. The van der Waals surface area contributed by atoms with Crippen LogP contribution in [0.25, 0.3) is 0 Å². The topological polar surface area (TPSA) is 66.6 Å². The molecule has 2 atom stereocenters. The number of benzene rings is 1. The molecule has 1 saturated heterocycles. The van der Waals surface area contributed by atoms with E-state index in [1.807, 2.05) is 12.1 Å². The van der Waals surface area contributed by atoms with Crippen molar-refractivity contribution < 1.29 is 9.90 Å². The van der Waals surface area contributed by atoms with E-state index in [0.717, 1.165) is 5.56 Å². The molecule has 1 aliphatic heterocycles. The van der Waals surface area contributed by atoms with Crippen molar-refractivity contribution in [2.45, 2.75) is 18.6 Å². The standard InChI is InChI=1S/C14H15ClN2O2/c15-11-5-3-10(4-6-11)2-1-7-17-9-12(18)8-13(17)14(16)19/h3-6,12-13,18H,7-9H2,(H2,16,19)/t12-,13-/m0/s1. The Morgan fingerprint density at radius 3 is 2.79 bits per heavy atom. The average Bonchev–Trinajstić information content (AvgIpc) is 2.73. The van der Waals surface area contributed by atoms with Gasteiger partial charge in [-0.25, -0.2) is 0 Å². The molecule has 0 saturated carbocycles. The minimum absolute atomic E-state index is 0.387. The summed E-state index contributed by atoms with van der Waals surface area (Å²) in [5.74, 6) is 5.56. The van der Waals surface area contributed by atoms with Crippen LogP contribution in [0.5, 0.6) is 0 Å². The van der Waals surface area contributed by atoms with Crippen molar-refractivity contribution >= 4 is 17.5 Å². The highest BCUT2D eigenvalue weighted by atomic mass is 35.5. The zero-order valence-electron chi connectivity index (χ0n) is 10.3. The zero-order chi connectivity index (χ0) is 13.8. The molecule has 5 heteroatoms. The predicted octanol–water partition coefficient (Wildman–Crippen LogP) is 0.612. The van der Waals surface area contributed by atoms with Gasteiger partial charge in [0.05, 0.1) is 18.7 Å². The Hall–Kier alpha value is -1.54. The second kappa shape index (κ2) is 6.07. The van der Waals surface area contributed by atoms with Crippen LogP contribution < -0.4 is 5.73 Å². The summed E-state index contributed by atoms with van der Waals surface area (Å²) in [5, 5.41) is 10.2. The molecule has 0 spiro atoms. The van der Waals surface area contributed by atoms with Crippen LogP contribution in [0.15, 0.2) is 24.3 Å². The molecule has 0 aliphatic carbocycles. The molecule has 100 valence electrons. The van der Waals surface area contributed by atoms with E-state index in [1.165, 1.54) is 0 Å². The number of carbonyl (C=O) groups is 1. The molecule has 0 unspecified atom stereocenters. The van der Waals surface area contributed by atoms with E-state index in [0.29, 0.717) is 24.5 Å². The van der Waals surface area contributed by atoms with Crippen LogP contribution >= 0.6 is 11.6 Å². The van der Waals surface area contributed by atoms with E-state index in [-0.39, 0.29) is 0 Å². The predicted molar refractivity (Wildman–Crippen MR) is 73.5 cm³/mol. The average molecular weight is 279 g/mol. The van der Waals surface area contributed by atoms with Gasteiger partial charge in [-0.15, -0.1) is 0 Å². The number of nitrogens with two attached hydrogens (primary N) is 1. The molecule has 1 amide bonds.